The number of H-pyrrole nitrogens is 1. The Kier molecular flexibility index (Phi) is 6.06. The highest BCUT2D eigenvalue weighted by Gasteiger charge is 2.27. The Morgan fingerprint density at radius 2 is 2.00 bits per heavy atom. The fraction of sp³-hybridized carbons (Fsp3) is 0.500. The van der Waals surface area contributed by atoms with Gasteiger partial charge in [-0.05, 0) is 31.5 Å². The predicted octanol–water partition coefficient (Wildman–Crippen LogP) is 1.15. The van der Waals surface area contributed by atoms with Gasteiger partial charge in [-0.25, -0.2) is 4.98 Å². The molecule has 0 bridgehead atoms. The molecular formula is C22H28FN5O3. The smallest absolute Gasteiger partial charge is 0.269 e. The van der Waals surface area contributed by atoms with E-state index in [0.29, 0.717) is 31.8 Å². The van der Waals surface area contributed by atoms with Crippen molar-refractivity contribution in [2.45, 2.75) is 33.0 Å². The van der Waals surface area contributed by atoms with Crippen LogP contribution in [0.2, 0.25) is 0 Å². The maximum absolute atomic E-state index is 14.4. The molecule has 4 heterocycles. The molecule has 1 unspecified atom stereocenters. The summed E-state index contributed by atoms with van der Waals surface area (Å²) in [7, 11) is 1.49. The highest BCUT2D eigenvalue weighted by atomic mass is 19.1. The first kappa shape index (κ1) is 21.5. The molecule has 4 rings (SSSR count). The molecule has 166 valence electrons. The van der Waals surface area contributed by atoms with Crippen molar-refractivity contribution in [1.82, 2.24) is 20.2 Å². The van der Waals surface area contributed by atoms with Crippen LogP contribution in [0.3, 0.4) is 0 Å². The lowest BCUT2D eigenvalue weighted by Crippen LogP contribution is -2.50. The summed E-state index contributed by atoms with van der Waals surface area (Å²) < 4.78 is 20.5. The number of hydrogen-bond acceptors (Lipinski definition) is 6. The van der Waals surface area contributed by atoms with Gasteiger partial charge in [0.05, 0.1) is 18.4 Å². The molecule has 8 nitrogen and oxygen atoms in total. The minimum Gasteiger partial charge on any atom is -0.372 e. The normalized spacial score (nSPS) is 19.2. The number of rotatable bonds is 4. The first-order chi connectivity index (χ1) is 14.9. The Balaban J connectivity index is 1.35. The molecule has 2 aliphatic rings. The van der Waals surface area contributed by atoms with Crippen LogP contribution in [0.1, 0.15) is 32.9 Å². The van der Waals surface area contributed by atoms with E-state index in [2.05, 4.69) is 20.2 Å². The fourth-order valence-corrected chi connectivity index (χ4v) is 4.28. The van der Waals surface area contributed by atoms with Crippen molar-refractivity contribution in [3.8, 4) is 0 Å². The van der Waals surface area contributed by atoms with Crippen LogP contribution in [-0.2, 0) is 17.8 Å². The monoisotopic (exact) mass is 429 g/mol. The van der Waals surface area contributed by atoms with Crippen LogP contribution in [0.5, 0.6) is 0 Å². The van der Waals surface area contributed by atoms with Gasteiger partial charge in [-0.2, -0.15) is 4.39 Å². The molecule has 1 atom stereocenters. The number of hydrogen-bond donors (Lipinski definition) is 2. The lowest BCUT2D eigenvalue weighted by atomic mass is 9.98. The van der Waals surface area contributed by atoms with Gasteiger partial charge in [0, 0.05) is 63.0 Å². The Morgan fingerprint density at radius 1 is 1.26 bits per heavy atom. The van der Waals surface area contributed by atoms with E-state index in [9.17, 15) is 14.0 Å². The minimum atomic E-state index is -0.628. The number of aromatic amines is 1. The van der Waals surface area contributed by atoms with Crippen LogP contribution < -0.4 is 15.8 Å². The minimum absolute atomic E-state index is 0.0158. The van der Waals surface area contributed by atoms with E-state index in [1.165, 1.54) is 7.05 Å². The van der Waals surface area contributed by atoms with Crippen LogP contribution in [-0.4, -0.2) is 66.7 Å². The van der Waals surface area contributed by atoms with Crippen LogP contribution in [0.4, 0.5) is 10.1 Å². The fourth-order valence-electron chi connectivity index (χ4n) is 4.28. The number of amides is 1. The van der Waals surface area contributed by atoms with E-state index in [1.54, 1.807) is 12.1 Å². The number of carbonyl (C=O) groups is 1. The van der Waals surface area contributed by atoms with Crippen molar-refractivity contribution in [3.05, 3.63) is 56.5 Å². The number of aromatic nitrogens is 2. The van der Waals surface area contributed by atoms with Crippen LogP contribution in [0.25, 0.3) is 0 Å². The van der Waals surface area contributed by atoms with Gasteiger partial charge in [-0.3, -0.25) is 14.5 Å². The van der Waals surface area contributed by atoms with Crippen molar-refractivity contribution >= 4 is 11.6 Å². The highest BCUT2D eigenvalue weighted by Crippen LogP contribution is 2.24. The summed E-state index contributed by atoms with van der Waals surface area (Å²) in [5.41, 5.74) is 4.31. The molecule has 2 aliphatic heterocycles. The molecule has 2 aromatic heterocycles. The van der Waals surface area contributed by atoms with Gasteiger partial charge in [0.2, 0.25) is 5.95 Å². The van der Waals surface area contributed by atoms with E-state index < -0.39 is 11.9 Å². The summed E-state index contributed by atoms with van der Waals surface area (Å²) in [5, 5.41) is 2.45. The summed E-state index contributed by atoms with van der Waals surface area (Å²) >= 11 is 0. The van der Waals surface area contributed by atoms with Crippen LogP contribution in [0.15, 0.2) is 16.9 Å². The third kappa shape index (κ3) is 4.33. The zero-order valence-corrected chi connectivity index (χ0v) is 18.1. The molecule has 0 radical (unpaired) electrons. The number of nitrogens with one attached hydrogen (secondary N) is 2. The molecule has 0 aliphatic carbocycles. The second kappa shape index (κ2) is 8.76. The molecule has 2 N–H and O–H groups in total. The molecule has 0 aromatic carbocycles. The van der Waals surface area contributed by atoms with Gasteiger partial charge >= 0.3 is 0 Å². The van der Waals surface area contributed by atoms with Crippen molar-refractivity contribution < 1.29 is 13.9 Å². The van der Waals surface area contributed by atoms with Gasteiger partial charge in [0.25, 0.3) is 11.5 Å². The predicted molar refractivity (Wildman–Crippen MR) is 115 cm³/mol. The number of nitrogens with zero attached hydrogens (tertiary/aromatic N) is 3. The van der Waals surface area contributed by atoms with Crippen molar-refractivity contribution in [1.29, 1.82) is 0 Å². The summed E-state index contributed by atoms with van der Waals surface area (Å²) in [4.78, 5) is 34.8. The van der Waals surface area contributed by atoms with Crippen LogP contribution >= 0.6 is 0 Å². The Bertz CT molecular complexity index is 1050. The van der Waals surface area contributed by atoms with Gasteiger partial charge in [0.1, 0.15) is 5.69 Å². The van der Waals surface area contributed by atoms with E-state index in [4.69, 9.17) is 4.74 Å². The number of fused-ring (bicyclic) bond motifs is 1. The average Bonchev–Trinajstić information content (AvgIpc) is 2.77. The zero-order valence-electron chi connectivity index (χ0n) is 18.1. The lowest BCUT2D eigenvalue weighted by molar-refractivity contribution is 0.00243. The molecular weight excluding hydrogens is 401 g/mol. The van der Waals surface area contributed by atoms with E-state index in [0.717, 1.165) is 42.0 Å². The molecule has 1 fully saturated rings. The second-order valence-corrected chi connectivity index (χ2v) is 8.17. The maximum atomic E-state index is 14.4. The Hall–Kier alpha value is -2.78. The number of piperazine rings is 1. The number of carbonyl (C=O) groups excluding carboxylic acids is 1. The molecule has 1 amide bonds. The third-order valence-electron chi connectivity index (χ3n) is 6.34. The molecule has 0 spiro atoms. The maximum Gasteiger partial charge on any atom is 0.269 e. The lowest BCUT2D eigenvalue weighted by Gasteiger charge is -2.38. The molecule has 1 saturated heterocycles. The molecule has 9 heteroatoms. The number of anilines is 1. The third-order valence-corrected chi connectivity index (χ3v) is 6.34. The molecule has 0 saturated carbocycles. The quantitative estimate of drug-likeness (QED) is 0.709. The first-order valence-electron chi connectivity index (χ1n) is 10.6. The average molecular weight is 429 g/mol. The van der Waals surface area contributed by atoms with Gasteiger partial charge < -0.3 is 19.9 Å². The molecule has 31 heavy (non-hydrogen) atoms. The topological polar surface area (TPSA) is 90.6 Å². The largest absolute Gasteiger partial charge is 0.372 e. The zero-order chi connectivity index (χ0) is 22.1. The Morgan fingerprint density at radius 3 is 2.68 bits per heavy atom. The van der Waals surface area contributed by atoms with Crippen molar-refractivity contribution in [2.24, 2.45) is 0 Å². The summed E-state index contributed by atoms with van der Waals surface area (Å²) in [5.74, 6) is -1.03. The van der Waals surface area contributed by atoms with Crippen molar-refractivity contribution in [2.75, 3.05) is 44.7 Å². The summed E-state index contributed by atoms with van der Waals surface area (Å²) in [6.45, 7) is 7.95. The first-order valence-corrected chi connectivity index (χ1v) is 10.6. The van der Waals surface area contributed by atoms with Crippen molar-refractivity contribution in [3.63, 3.8) is 0 Å². The van der Waals surface area contributed by atoms with Gasteiger partial charge in [-0.15, -0.1) is 0 Å². The van der Waals surface area contributed by atoms with E-state index in [1.807, 2.05) is 18.7 Å². The van der Waals surface area contributed by atoms with E-state index in [-0.39, 0.29) is 17.4 Å². The number of halogens is 1. The number of pyridine rings is 2. The van der Waals surface area contributed by atoms with Gasteiger partial charge in [0.15, 0.2) is 0 Å². The second-order valence-electron chi connectivity index (χ2n) is 8.17. The SMILES string of the molecule is CNC(=O)c1ccc(N2CCN(CC3Cc4[nH]c(=O)c(C)c(C)c4CO3)CC2)c(F)n1. The molecule has 2 aromatic rings. The van der Waals surface area contributed by atoms with E-state index >= 15 is 0 Å². The summed E-state index contributed by atoms with van der Waals surface area (Å²) in [6, 6.07) is 3.16. The standard InChI is InChI=1S/C22H28FN5O3/c1-13-14(2)21(29)26-18-10-15(31-12-16(13)18)11-27-6-8-28(9-7-27)19-5-4-17(22(30)24-3)25-20(19)23/h4-5,15H,6-12H2,1-3H3,(H,24,30)(H,26,29). The van der Waals surface area contributed by atoms with Gasteiger partial charge in [-0.1, -0.05) is 0 Å². The Labute approximate surface area is 180 Å². The number of ether oxygens (including phenoxy) is 1. The van der Waals surface area contributed by atoms with Crippen LogP contribution in [0, 0.1) is 19.8 Å². The summed E-state index contributed by atoms with van der Waals surface area (Å²) in [6.07, 6.45) is 0.702. The highest BCUT2D eigenvalue weighted by molar-refractivity contribution is 5.92.